The molecule has 34 heavy (non-hydrogen) atoms. The maximum Gasteiger partial charge on any atom is 0.260 e. The molecule has 2 heterocycles. The average molecular weight is 532 g/mol. The van der Waals surface area contributed by atoms with E-state index in [1.54, 1.807) is 4.90 Å². The zero-order chi connectivity index (χ0) is 23.8. The van der Waals surface area contributed by atoms with Crippen LogP contribution in [0.1, 0.15) is 31.7 Å². The van der Waals surface area contributed by atoms with Crippen molar-refractivity contribution in [1.82, 2.24) is 4.90 Å². The number of piperidine rings is 1. The first-order valence-corrected chi connectivity index (χ1v) is 13.0. The molecule has 0 bridgehead atoms. The molecular formula is C26H34BrN3O4. The molecule has 7 nitrogen and oxygen atoms in total. The Bertz CT molecular complexity index is 942. The summed E-state index contributed by atoms with van der Waals surface area (Å²) in [6, 6.07) is 12.6. The number of nitrogens with one attached hydrogen (secondary N) is 1. The lowest BCUT2D eigenvalue weighted by Crippen LogP contribution is -2.43. The second-order valence-corrected chi connectivity index (χ2v) is 9.42. The fourth-order valence-electron chi connectivity index (χ4n) is 4.31. The molecule has 2 aromatic carbocycles. The van der Waals surface area contributed by atoms with Gasteiger partial charge in [-0.2, -0.15) is 0 Å². The third-order valence-corrected chi connectivity index (χ3v) is 6.75. The molecule has 2 aliphatic rings. The summed E-state index contributed by atoms with van der Waals surface area (Å²) in [7, 11) is 0. The molecule has 2 aliphatic heterocycles. The number of anilines is 2. The highest BCUT2D eigenvalue weighted by Gasteiger charge is 2.19. The van der Waals surface area contributed by atoms with Crippen molar-refractivity contribution in [1.29, 1.82) is 0 Å². The van der Waals surface area contributed by atoms with E-state index in [0.717, 1.165) is 28.8 Å². The number of nitrogens with zero attached hydrogens (tertiary/aromatic N) is 2. The highest BCUT2D eigenvalue weighted by molar-refractivity contribution is 9.10. The number of rotatable bonds is 9. The second-order valence-electron chi connectivity index (χ2n) is 8.57. The van der Waals surface area contributed by atoms with Gasteiger partial charge in [0.05, 0.1) is 24.3 Å². The van der Waals surface area contributed by atoms with E-state index in [9.17, 15) is 4.79 Å². The van der Waals surface area contributed by atoms with Gasteiger partial charge >= 0.3 is 0 Å². The van der Waals surface area contributed by atoms with Crippen LogP contribution in [-0.4, -0.2) is 63.4 Å². The smallest absolute Gasteiger partial charge is 0.260 e. The number of carbonyl (C=O) groups excluding carboxylic acids is 1. The van der Waals surface area contributed by atoms with E-state index < -0.39 is 0 Å². The van der Waals surface area contributed by atoms with Gasteiger partial charge in [-0.3, -0.25) is 4.79 Å². The summed E-state index contributed by atoms with van der Waals surface area (Å²) in [5.74, 6) is 1.14. The summed E-state index contributed by atoms with van der Waals surface area (Å²) in [6.07, 6.45) is 3.89. The normalized spacial score (nSPS) is 16.3. The zero-order valence-electron chi connectivity index (χ0n) is 19.9. The van der Waals surface area contributed by atoms with Crippen molar-refractivity contribution in [3.8, 4) is 11.5 Å². The standard InChI is InChI=1S/C26H34BrN3O4/c1-2-33-24-17-20(16-23(27)26(24)34-19-25(31)30-12-14-32-15-13-30)18-28-21-6-8-22(9-7-21)29-10-4-3-5-11-29/h6-9,16-17,28H,2-5,10-15,18-19H2,1H3. The Morgan fingerprint density at radius 2 is 1.76 bits per heavy atom. The van der Waals surface area contributed by atoms with Crippen LogP contribution in [0.5, 0.6) is 11.5 Å². The van der Waals surface area contributed by atoms with Crippen LogP contribution in [0.2, 0.25) is 0 Å². The Kier molecular flexibility index (Phi) is 8.93. The van der Waals surface area contributed by atoms with Gasteiger partial charge in [-0.25, -0.2) is 0 Å². The van der Waals surface area contributed by atoms with Crippen molar-refractivity contribution in [2.75, 3.05) is 62.8 Å². The number of morpholine rings is 1. The summed E-state index contributed by atoms with van der Waals surface area (Å²) >= 11 is 3.61. The van der Waals surface area contributed by atoms with Crippen LogP contribution in [0, 0.1) is 0 Å². The molecule has 8 heteroatoms. The molecule has 184 valence electrons. The van der Waals surface area contributed by atoms with Gasteiger partial charge in [-0.1, -0.05) is 0 Å². The minimum Gasteiger partial charge on any atom is -0.490 e. The molecule has 1 N–H and O–H groups in total. The van der Waals surface area contributed by atoms with Crippen molar-refractivity contribution in [2.45, 2.75) is 32.7 Å². The zero-order valence-corrected chi connectivity index (χ0v) is 21.4. The molecule has 2 saturated heterocycles. The van der Waals surface area contributed by atoms with Crippen LogP contribution in [-0.2, 0) is 16.1 Å². The quantitative estimate of drug-likeness (QED) is 0.506. The van der Waals surface area contributed by atoms with Crippen molar-refractivity contribution >= 4 is 33.2 Å². The van der Waals surface area contributed by atoms with Gasteiger partial charge in [-0.15, -0.1) is 0 Å². The van der Waals surface area contributed by atoms with Gasteiger partial charge in [0, 0.05) is 44.1 Å². The third-order valence-electron chi connectivity index (χ3n) is 6.16. The largest absolute Gasteiger partial charge is 0.490 e. The molecule has 0 unspecified atom stereocenters. The Labute approximate surface area is 210 Å². The lowest BCUT2D eigenvalue weighted by molar-refractivity contribution is -0.137. The van der Waals surface area contributed by atoms with Crippen LogP contribution in [0.25, 0.3) is 0 Å². The van der Waals surface area contributed by atoms with Gasteiger partial charge in [-0.05, 0) is 84.1 Å². The van der Waals surface area contributed by atoms with Crippen LogP contribution in [0.15, 0.2) is 40.9 Å². The van der Waals surface area contributed by atoms with Gasteiger partial charge in [0.1, 0.15) is 0 Å². The predicted octanol–water partition coefficient (Wildman–Crippen LogP) is 4.69. The maximum atomic E-state index is 12.5. The fraction of sp³-hybridized carbons (Fsp3) is 0.500. The minimum atomic E-state index is -0.0450. The summed E-state index contributed by atoms with van der Waals surface area (Å²) in [5.41, 5.74) is 3.42. The fourth-order valence-corrected chi connectivity index (χ4v) is 4.91. The van der Waals surface area contributed by atoms with Crippen LogP contribution >= 0.6 is 15.9 Å². The number of halogens is 1. The first-order valence-electron chi connectivity index (χ1n) is 12.2. The molecule has 4 rings (SSSR count). The average Bonchev–Trinajstić information content (AvgIpc) is 2.88. The van der Waals surface area contributed by atoms with E-state index >= 15 is 0 Å². The molecule has 0 aliphatic carbocycles. The number of benzene rings is 2. The topological polar surface area (TPSA) is 63.3 Å². The summed E-state index contributed by atoms with van der Waals surface area (Å²) in [5, 5.41) is 3.49. The number of amides is 1. The van der Waals surface area contributed by atoms with E-state index in [1.807, 2.05) is 19.1 Å². The predicted molar refractivity (Wildman–Crippen MR) is 138 cm³/mol. The number of ether oxygens (including phenoxy) is 3. The Morgan fingerprint density at radius 1 is 1.03 bits per heavy atom. The van der Waals surface area contributed by atoms with Gasteiger partial charge in [0.15, 0.2) is 18.1 Å². The lowest BCUT2D eigenvalue weighted by atomic mass is 10.1. The van der Waals surface area contributed by atoms with Gasteiger partial charge in [0.2, 0.25) is 0 Å². The molecule has 2 aromatic rings. The van der Waals surface area contributed by atoms with Crippen LogP contribution in [0.4, 0.5) is 11.4 Å². The SMILES string of the molecule is CCOc1cc(CNc2ccc(N3CCCCC3)cc2)cc(Br)c1OCC(=O)N1CCOCC1. The van der Waals surface area contributed by atoms with E-state index in [0.29, 0.717) is 51.0 Å². The molecule has 0 atom stereocenters. The molecule has 0 spiro atoms. The van der Waals surface area contributed by atoms with Crippen molar-refractivity contribution in [3.63, 3.8) is 0 Å². The maximum absolute atomic E-state index is 12.5. The monoisotopic (exact) mass is 531 g/mol. The molecular weight excluding hydrogens is 498 g/mol. The molecule has 0 radical (unpaired) electrons. The second kappa shape index (κ2) is 12.3. The summed E-state index contributed by atoms with van der Waals surface area (Å²) in [6.45, 7) is 7.71. The first-order chi connectivity index (χ1) is 16.6. The van der Waals surface area contributed by atoms with Crippen LogP contribution in [0.3, 0.4) is 0 Å². The Hall–Kier alpha value is -2.45. The summed E-state index contributed by atoms with van der Waals surface area (Å²) < 4.78 is 17.8. The molecule has 1 amide bonds. The highest BCUT2D eigenvalue weighted by atomic mass is 79.9. The van der Waals surface area contributed by atoms with E-state index in [1.165, 1.54) is 24.9 Å². The molecule has 2 fully saturated rings. The lowest BCUT2D eigenvalue weighted by Gasteiger charge is -2.28. The molecule has 0 saturated carbocycles. The van der Waals surface area contributed by atoms with Crippen LogP contribution < -0.4 is 19.7 Å². The minimum absolute atomic E-state index is 0.0281. The Balaban J connectivity index is 1.37. The third kappa shape index (κ3) is 6.57. The van der Waals surface area contributed by atoms with Crippen molar-refractivity contribution in [3.05, 3.63) is 46.4 Å². The van der Waals surface area contributed by atoms with E-state index in [4.69, 9.17) is 14.2 Å². The highest BCUT2D eigenvalue weighted by Crippen LogP contribution is 2.37. The van der Waals surface area contributed by atoms with Gasteiger partial charge in [0.25, 0.3) is 5.91 Å². The van der Waals surface area contributed by atoms with E-state index in [-0.39, 0.29) is 12.5 Å². The van der Waals surface area contributed by atoms with Crippen molar-refractivity contribution < 1.29 is 19.0 Å². The number of hydrogen-bond acceptors (Lipinski definition) is 6. The van der Waals surface area contributed by atoms with Crippen molar-refractivity contribution in [2.24, 2.45) is 0 Å². The first kappa shape index (κ1) is 24.7. The number of hydrogen-bond donors (Lipinski definition) is 1. The number of carbonyl (C=O) groups is 1. The molecule has 0 aromatic heterocycles. The Morgan fingerprint density at radius 3 is 2.47 bits per heavy atom. The van der Waals surface area contributed by atoms with E-state index in [2.05, 4.69) is 50.4 Å². The summed E-state index contributed by atoms with van der Waals surface area (Å²) in [4.78, 5) is 16.7. The van der Waals surface area contributed by atoms with Gasteiger partial charge < -0.3 is 29.3 Å².